The average Bonchev–Trinajstić information content (AvgIpc) is 2.98. The van der Waals surface area contributed by atoms with Crippen LogP contribution in [0.1, 0.15) is 27.3 Å². The number of carboxylic acid groups (broad SMARTS) is 1. The van der Waals surface area contributed by atoms with Gasteiger partial charge in [-0.3, -0.25) is 14.5 Å². The lowest BCUT2D eigenvalue weighted by Crippen LogP contribution is -2.31. The lowest BCUT2D eigenvalue weighted by Gasteiger charge is -2.15. The molecule has 2 heterocycles. The predicted molar refractivity (Wildman–Crippen MR) is 123 cm³/mol. The number of imide groups is 1. The maximum Gasteiger partial charge on any atom is 0.335 e. The Hall–Kier alpha value is -3.98. The molecule has 1 aliphatic rings. The Morgan fingerprint density at radius 3 is 2.21 bits per heavy atom. The number of thioether (sulfide) groups is 1. The summed E-state index contributed by atoms with van der Waals surface area (Å²) in [4.78, 5) is 47.8. The molecule has 0 radical (unpaired) electrons. The van der Waals surface area contributed by atoms with Crippen molar-refractivity contribution in [3.8, 4) is 0 Å². The number of benzene rings is 2. The van der Waals surface area contributed by atoms with Crippen molar-refractivity contribution < 1.29 is 19.5 Å². The molecule has 1 aliphatic heterocycles. The van der Waals surface area contributed by atoms with Gasteiger partial charge in [-0.15, -0.1) is 0 Å². The molecule has 9 heteroatoms. The van der Waals surface area contributed by atoms with Gasteiger partial charge in [0.25, 0.3) is 11.8 Å². The normalized spacial score (nSPS) is 13.6. The fourth-order valence-electron chi connectivity index (χ4n) is 3.34. The second kappa shape index (κ2) is 9.25. The van der Waals surface area contributed by atoms with Gasteiger partial charge >= 0.3 is 5.97 Å². The smallest absolute Gasteiger partial charge is 0.335 e. The standard InChI is InChI=1S/C24H20N4O4S/c1-14-12-15(2)26-24(25-14)33-20-19(27-18-10-8-17(9-11-18)23(31)32)21(29)28(22(20)30)13-16-6-4-3-5-7-16/h3-12,27H,13H2,1-2H3,(H,31,32). The van der Waals surface area contributed by atoms with Crippen LogP contribution in [0, 0.1) is 13.8 Å². The molecule has 0 unspecified atom stereocenters. The molecule has 0 spiro atoms. The number of aromatic carboxylic acids is 1. The topological polar surface area (TPSA) is 112 Å². The van der Waals surface area contributed by atoms with Gasteiger partial charge in [-0.05, 0) is 61.5 Å². The summed E-state index contributed by atoms with van der Waals surface area (Å²) in [6.45, 7) is 3.79. The summed E-state index contributed by atoms with van der Waals surface area (Å²) in [7, 11) is 0. The molecule has 33 heavy (non-hydrogen) atoms. The van der Waals surface area contributed by atoms with Crippen molar-refractivity contribution >= 4 is 35.2 Å². The molecule has 2 aromatic carbocycles. The van der Waals surface area contributed by atoms with Gasteiger partial charge in [-0.1, -0.05) is 30.3 Å². The molecule has 0 fully saturated rings. The van der Waals surface area contributed by atoms with E-state index in [0.29, 0.717) is 10.8 Å². The van der Waals surface area contributed by atoms with Crippen LogP contribution in [0.15, 0.2) is 76.4 Å². The Morgan fingerprint density at radius 1 is 0.970 bits per heavy atom. The summed E-state index contributed by atoms with van der Waals surface area (Å²) in [6, 6.07) is 17.0. The highest BCUT2D eigenvalue weighted by atomic mass is 32.2. The van der Waals surface area contributed by atoms with E-state index in [4.69, 9.17) is 5.11 Å². The molecule has 0 bridgehead atoms. The van der Waals surface area contributed by atoms with E-state index in [1.165, 1.54) is 17.0 Å². The van der Waals surface area contributed by atoms with Gasteiger partial charge in [0.2, 0.25) is 0 Å². The second-order valence-electron chi connectivity index (χ2n) is 7.43. The number of hydrogen-bond acceptors (Lipinski definition) is 7. The third-order valence-electron chi connectivity index (χ3n) is 4.87. The molecule has 2 N–H and O–H groups in total. The first-order chi connectivity index (χ1) is 15.8. The number of carbonyl (C=O) groups excluding carboxylic acids is 2. The third-order valence-corrected chi connectivity index (χ3v) is 5.81. The Balaban J connectivity index is 1.69. The number of aromatic nitrogens is 2. The number of carbonyl (C=O) groups is 3. The van der Waals surface area contributed by atoms with E-state index < -0.39 is 17.8 Å². The van der Waals surface area contributed by atoms with Crippen LogP contribution in [-0.4, -0.2) is 37.8 Å². The van der Waals surface area contributed by atoms with Crippen LogP contribution in [-0.2, 0) is 16.1 Å². The minimum atomic E-state index is -1.05. The number of nitrogens with zero attached hydrogens (tertiary/aromatic N) is 3. The van der Waals surface area contributed by atoms with Crippen LogP contribution < -0.4 is 5.32 Å². The first-order valence-electron chi connectivity index (χ1n) is 10.1. The van der Waals surface area contributed by atoms with Gasteiger partial charge in [0.05, 0.1) is 12.1 Å². The molecule has 0 atom stereocenters. The van der Waals surface area contributed by atoms with Gasteiger partial charge in [0.15, 0.2) is 5.16 Å². The number of rotatable bonds is 7. The van der Waals surface area contributed by atoms with Crippen molar-refractivity contribution in [2.45, 2.75) is 25.5 Å². The lowest BCUT2D eigenvalue weighted by atomic mass is 10.2. The van der Waals surface area contributed by atoms with Crippen LogP contribution in [0.25, 0.3) is 0 Å². The van der Waals surface area contributed by atoms with Crippen molar-refractivity contribution in [3.05, 3.63) is 93.8 Å². The fourth-order valence-corrected chi connectivity index (χ4v) is 4.34. The maximum absolute atomic E-state index is 13.3. The van der Waals surface area contributed by atoms with E-state index in [1.54, 1.807) is 12.1 Å². The summed E-state index contributed by atoms with van der Waals surface area (Å²) in [5.74, 6) is -1.97. The molecular weight excluding hydrogens is 440 g/mol. The molecule has 0 saturated carbocycles. The molecule has 2 amide bonds. The summed E-state index contributed by atoms with van der Waals surface area (Å²) in [5, 5.41) is 12.5. The van der Waals surface area contributed by atoms with Crippen LogP contribution in [0.5, 0.6) is 0 Å². The van der Waals surface area contributed by atoms with E-state index in [2.05, 4.69) is 15.3 Å². The number of aryl methyl sites for hydroxylation is 2. The van der Waals surface area contributed by atoms with Gasteiger partial charge in [0, 0.05) is 17.1 Å². The van der Waals surface area contributed by atoms with Gasteiger partial charge in [-0.2, -0.15) is 0 Å². The zero-order valence-corrected chi connectivity index (χ0v) is 18.7. The van der Waals surface area contributed by atoms with Crippen LogP contribution in [0.3, 0.4) is 0 Å². The SMILES string of the molecule is Cc1cc(C)nc(SC2=C(Nc3ccc(C(=O)O)cc3)C(=O)N(Cc3ccccc3)C2=O)n1. The molecular formula is C24H20N4O4S. The number of carboxylic acids is 1. The van der Waals surface area contributed by atoms with Crippen molar-refractivity contribution in [2.75, 3.05) is 5.32 Å². The molecule has 4 rings (SSSR count). The lowest BCUT2D eigenvalue weighted by molar-refractivity contribution is -0.137. The average molecular weight is 461 g/mol. The molecule has 0 aliphatic carbocycles. The predicted octanol–water partition coefficient (Wildman–Crippen LogP) is 3.78. The van der Waals surface area contributed by atoms with E-state index in [-0.39, 0.29) is 22.7 Å². The van der Waals surface area contributed by atoms with Gasteiger partial charge < -0.3 is 10.4 Å². The fraction of sp³-hybridized carbons (Fsp3) is 0.125. The van der Waals surface area contributed by atoms with Crippen LogP contribution in [0.2, 0.25) is 0 Å². The molecule has 1 aromatic heterocycles. The summed E-state index contributed by atoms with van der Waals surface area (Å²) in [6.07, 6.45) is 0. The summed E-state index contributed by atoms with van der Waals surface area (Å²) in [5.41, 5.74) is 3.03. The van der Waals surface area contributed by atoms with E-state index >= 15 is 0 Å². The number of hydrogen-bond donors (Lipinski definition) is 2. The molecule has 0 saturated heterocycles. The van der Waals surface area contributed by atoms with Crippen LogP contribution >= 0.6 is 11.8 Å². The minimum absolute atomic E-state index is 0.103. The minimum Gasteiger partial charge on any atom is -0.478 e. The Labute approximate surface area is 194 Å². The van der Waals surface area contributed by atoms with Crippen molar-refractivity contribution in [2.24, 2.45) is 0 Å². The summed E-state index contributed by atoms with van der Waals surface area (Å²) < 4.78 is 0. The van der Waals surface area contributed by atoms with Crippen LogP contribution in [0.4, 0.5) is 5.69 Å². The van der Waals surface area contributed by atoms with Crippen molar-refractivity contribution in [1.82, 2.24) is 14.9 Å². The van der Waals surface area contributed by atoms with E-state index in [0.717, 1.165) is 28.7 Å². The van der Waals surface area contributed by atoms with E-state index in [9.17, 15) is 14.4 Å². The number of amides is 2. The van der Waals surface area contributed by atoms with Gasteiger partial charge in [0.1, 0.15) is 10.6 Å². The van der Waals surface area contributed by atoms with Crippen molar-refractivity contribution in [1.29, 1.82) is 0 Å². The largest absolute Gasteiger partial charge is 0.478 e. The first kappa shape index (κ1) is 22.2. The second-order valence-corrected chi connectivity index (χ2v) is 8.41. The van der Waals surface area contributed by atoms with Gasteiger partial charge in [-0.25, -0.2) is 14.8 Å². The number of nitrogens with one attached hydrogen (secondary N) is 1. The van der Waals surface area contributed by atoms with E-state index in [1.807, 2.05) is 50.2 Å². The quantitative estimate of drug-likeness (QED) is 0.405. The Kier molecular flexibility index (Phi) is 6.23. The summed E-state index contributed by atoms with van der Waals surface area (Å²) >= 11 is 1.03. The highest BCUT2D eigenvalue weighted by molar-refractivity contribution is 8.04. The van der Waals surface area contributed by atoms with Crippen molar-refractivity contribution in [3.63, 3.8) is 0 Å². The highest BCUT2D eigenvalue weighted by Crippen LogP contribution is 2.35. The third kappa shape index (κ3) is 4.93. The molecule has 8 nitrogen and oxygen atoms in total. The maximum atomic E-state index is 13.3. The molecule has 3 aromatic rings. The Morgan fingerprint density at radius 2 is 1.61 bits per heavy atom. The zero-order chi connectivity index (χ0) is 23.5. The highest BCUT2D eigenvalue weighted by Gasteiger charge is 2.39. The molecule has 166 valence electrons. The number of anilines is 1. The monoisotopic (exact) mass is 460 g/mol. The zero-order valence-electron chi connectivity index (χ0n) is 17.9. The first-order valence-corrected chi connectivity index (χ1v) is 10.9. The Bertz CT molecular complexity index is 1250.